The van der Waals surface area contributed by atoms with E-state index in [1.165, 1.54) is 0 Å². The minimum atomic E-state index is -0.0492. The summed E-state index contributed by atoms with van der Waals surface area (Å²) < 4.78 is 11.0. The molecule has 0 radical (unpaired) electrons. The van der Waals surface area contributed by atoms with Crippen molar-refractivity contribution in [3.63, 3.8) is 0 Å². The van der Waals surface area contributed by atoms with E-state index in [0.717, 1.165) is 0 Å². The number of ketones is 1. The number of carbonyl (C=O) groups is 1. The van der Waals surface area contributed by atoms with Crippen LogP contribution in [0.1, 0.15) is 17.3 Å². The zero-order valence-electron chi connectivity index (χ0n) is 10.8. The molecule has 0 aromatic heterocycles. The summed E-state index contributed by atoms with van der Waals surface area (Å²) in [6.07, 6.45) is 0. The van der Waals surface area contributed by atoms with Crippen LogP contribution in [0.4, 0.5) is 0 Å². The largest absolute Gasteiger partial charge is 0.490 e. The first-order valence-corrected chi connectivity index (χ1v) is 6.24. The lowest BCUT2D eigenvalue weighted by atomic mass is 10.1. The van der Waals surface area contributed by atoms with Gasteiger partial charge in [-0.1, -0.05) is 42.5 Å². The van der Waals surface area contributed by atoms with Crippen LogP contribution < -0.4 is 9.47 Å². The minimum absolute atomic E-state index is 0.00804. The van der Waals surface area contributed by atoms with E-state index in [-0.39, 0.29) is 12.4 Å². The van der Waals surface area contributed by atoms with Gasteiger partial charge in [0.15, 0.2) is 23.9 Å². The average Bonchev–Trinajstić information content (AvgIpc) is 2.47. The zero-order chi connectivity index (χ0) is 13.5. The smallest absolute Gasteiger partial charge is 0.200 e. The van der Waals surface area contributed by atoms with Crippen LogP contribution in [0.25, 0.3) is 0 Å². The molecule has 0 saturated heterocycles. The van der Waals surface area contributed by atoms with Gasteiger partial charge in [-0.3, -0.25) is 4.79 Å². The van der Waals surface area contributed by atoms with Crippen LogP contribution in [0.2, 0.25) is 0 Å². The monoisotopic (exact) mass is 256 g/mol. The summed E-state index contributed by atoms with van der Waals surface area (Å²) in [7, 11) is 0. The maximum absolute atomic E-state index is 11.9. The Hall–Kier alpha value is -2.29. The number of Topliss-reactive ketones (excluding diaryl/α,β-unsaturated/α-hetero) is 1. The van der Waals surface area contributed by atoms with Gasteiger partial charge in [0.05, 0.1) is 6.61 Å². The highest BCUT2D eigenvalue weighted by molar-refractivity contribution is 5.97. The molecule has 0 bridgehead atoms. The molecule has 2 aromatic carbocycles. The summed E-state index contributed by atoms with van der Waals surface area (Å²) in [5, 5.41) is 0. The van der Waals surface area contributed by atoms with Gasteiger partial charge in [0.25, 0.3) is 0 Å². The van der Waals surface area contributed by atoms with E-state index in [1.807, 2.05) is 43.3 Å². The lowest BCUT2D eigenvalue weighted by Gasteiger charge is -2.10. The fraction of sp³-hybridized carbons (Fsp3) is 0.188. The number of carbonyl (C=O) groups excluding carboxylic acids is 1. The highest BCUT2D eigenvalue weighted by Gasteiger charge is 2.08. The van der Waals surface area contributed by atoms with Gasteiger partial charge in [-0.25, -0.2) is 0 Å². The predicted octanol–water partition coefficient (Wildman–Crippen LogP) is 3.35. The number of hydrogen-bond donors (Lipinski definition) is 0. The molecule has 0 aliphatic carbocycles. The summed E-state index contributed by atoms with van der Waals surface area (Å²) >= 11 is 0. The fourth-order valence-electron chi connectivity index (χ4n) is 1.69. The number of rotatable bonds is 6. The molecule has 3 heteroatoms. The fourth-order valence-corrected chi connectivity index (χ4v) is 1.69. The maximum atomic E-state index is 11.9. The van der Waals surface area contributed by atoms with Crippen LogP contribution in [-0.2, 0) is 0 Å². The maximum Gasteiger partial charge on any atom is 0.200 e. The van der Waals surface area contributed by atoms with Crippen molar-refractivity contribution in [3.8, 4) is 11.5 Å². The van der Waals surface area contributed by atoms with Crippen molar-refractivity contribution < 1.29 is 14.3 Å². The number of para-hydroxylation sites is 2. The highest BCUT2D eigenvalue weighted by atomic mass is 16.5. The van der Waals surface area contributed by atoms with Crippen molar-refractivity contribution in [2.75, 3.05) is 13.2 Å². The summed E-state index contributed by atoms with van der Waals surface area (Å²) in [5.41, 5.74) is 0.649. The second kappa shape index (κ2) is 6.59. The summed E-state index contributed by atoms with van der Waals surface area (Å²) in [6, 6.07) is 16.4. The molecule has 2 aromatic rings. The number of hydrogen-bond acceptors (Lipinski definition) is 3. The van der Waals surface area contributed by atoms with Crippen LogP contribution in [0, 0.1) is 0 Å². The van der Waals surface area contributed by atoms with Crippen molar-refractivity contribution >= 4 is 5.78 Å². The molecule has 0 heterocycles. The van der Waals surface area contributed by atoms with Crippen LogP contribution >= 0.6 is 0 Å². The predicted molar refractivity (Wildman–Crippen MR) is 73.9 cm³/mol. The topological polar surface area (TPSA) is 35.5 Å². The lowest BCUT2D eigenvalue weighted by molar-refractivity contribution is 0.0919. The van der Waals surface area contributed by atoms with Crippen molar-refractivity contribution in [2.24, 2.45) is 0 Å². The number of ether oxygens (including phenoxy) is 2. The Labute approximate surface area is 112 Å². The van der Waals surface area contributed by atoms with Gasteiger partial charge in [-0.15, -0.1) is 0 Å². The standard InChI is InChI=1S/C16H16O3/c1-2-18-15-10-6-7-11-16(15)19-12-14(17)13-8-4-3-5-9-13/h3-11H,2,12H2,1H3. The number of benzene rings is 2. The highest BCUT2D eigenvalue weighted by Crippen LogP contribution is 2.26. The van der Waals surface area contributed by atoms with Crippen LogP contribution in [0.15, 0.2) is 54.6 Å². The third kappa shape index (κ3) is 3.58. The van der Waals surface area contributed by atoms with E-state index in [0.29, 0.717) is 23.7 Å². The molecule has 0 atom stereocenters. The summed E-state index contributed by atoms with van der Waals surface area (Å²) in [4.78, 5) is 11.9. The SMILES string of the molecule is CCOc1ccccc1OCC(=O)c1ccccc1. The van der Waals surface area contributed by atoms with Gasteiger partial charge in [0.1, 0.15) is 0 Å². The Morgan fingerprint density at radius 3 is 2.11 bits per heavy atom. The van der Waals surface area contributed by atoms with Gasteiger partial charge in [-0.05, 0) is 19.1 Å². The van der Waals surface area contributed by atoms with Gasteiger partial charge in [0, 0.05) is 5.56 Å². The molecular weight excluding hydrogens is 240 g/mol. The van der Waals surface area contributed by atoms with Gasteiger partial charge in [0.2, 0.25) is 0 Å². The Balaban J connectivity index is 2.01. The van der Waals surface area contributed by atoms with Crippen LogP contribution in [0.3, 0.4) is 0 Å². The molecule has 0 unspecified atom stereocenters. The first-order valence-electron chi connectivity index (χ1n) is 6.24. The van der Waals surface area contributed by atoms with E-state index in [1.54, 1.807) is 18.2 Å². The Morgan fingerprint density at radius 1 is 0.895 bits per heavy atom. The normalized spacial score (nSPS) is 9.95. The second-order valence-corrected chi connectivity index (χ2v) is 3.96. The molecule has 3 nitrogen and oxygen atoms in total. The minimum Gasteiger partial charge on any atom is -0.490 e. The molecule has 0 spiro atoms. The molecule has 2 rings (SSSR count). The van der Waals surface area contributed by atoms with Crippen LogP contribution in [0.5, 0.6) is 11.5 Å². The third-order valence-electron chi connectivity index (χ3n) is 2.60. The molecule has 0 N–H and O–H groups in total. The van der Waals surface area contributed by atoms with Crippen molar-refractivity contribution in [1.82, 2.24) is 0 Å². The first-order chi connectivity index (χ1) is 9.31. The Morgan fingerprint density at radius 2 is 1.47 bits per heavy atom. The van der Waals surface area contributed by atoms with E-state index in [4.69, 9.17) is 9.47 Å². The van der Waals surface area contributed by atoms with Crippen LogP contribution in [-0.4, -0.2) is 19.0 Å². The molecule has 98 valence electrons. The van der Waals surface area contributed by atoms with Gasteiger partial charge >= 0.3 is 0 Å². The summed E-state index contributed by atoms with van der Waals surface area (Å²) in [5.74, 6) is 1.20. The van der Waals surface area contributed by atoms with E-state index >= 15 is 0 Å². The first kappa shape index (κ1) is 13.1. The molecule has 0 saturated carbocycles. The molecule has 0 aliphatic heterocycles. The molecule has 19 heavy (non-hydrogen) atoms. The van der Waals surface area contributed by atoms with Crippen molar-refractivity contribution in [2.45, 2.75) is 6.92 Å². The van der Waals surface area contributed by atoms with Crippen molar-refractivity contribution in [3.05, 3.63) is 60.2 Å². The zero-order valence-corrected chi connectivity index (χ0v) is 10.8. The lowest BCUT2D eigenvalue weighted by Crippen LogP contribution is -2.12. The van der Waals surface area contributed by atoms with E-state index in [2.05, 4.69) is 0 Å². The third-order valence-corrected chi connectivity index (χ3v) is 2.60. The molecule has 0 amide bonds. The Kier molecular flexibility index (Phi) is 4.56. The molecular formula is C16H16O3. The van der Waals surface area contributed by atoms with E-state index in [9.17, 15) is 4.79 Å². The van der Waals surface area contributed by atoms with Gasteiger partial charge in [-0.2, -0.15) is 0 Å². The average molecular weight is 256 g/mol. The van der Waals surface area contributed by atoms with E-state index < -0.39 is 0 Å². The van der Waals surface area contributed by atoms with Gasteiger partial charge < -0.3 is 9.47 Å². The second-order valence-electron chi connectivity index (χ2n) is 3.96. The molecule has 0 aliphatic rings. The Bertz CT molecular complexity index is 535. The quantitative estimate of drug-likeness (QED) is 0.743. The summed E-state index contributed by atoms with van der Waals surface area (Å²) in [6.45, 7) is 2.48. The van der Waals surface area contributed by atoms with Crippen molar-refractivity contribution in [1.29, 1.82) is 0 Å². The molecule has 0 fully saturated rings.